The van der Waals surface area contributed by atoms with Gasteiger partial charge in [0.15, 0.2) is 0 Å². The fourth-order valence-corrected chi connectivity index (χ4v) is 1.78. The zero-order valence-corrected chi connectivity index (χ0v) is 10.4. The molecule has 1 heterocycles. The van der Waals surface area contributed by atoms with E-state index in [2.05, 4.69) is 9.94 Å². The van der Waals surface area contributed by atoms with Gasteiger partial charge in [-0.25, -0.2) is 14.3 Å². The summed E-state index contributed by atoms with van der Waals surface area (Å²) in [7, 11) is 1.49. The van der Waals surface area contributed by atoms with Crippen molar-refractivity contribution in [2.45, 2.75) is 6.92 Å². The van der Waals surface area contributed by atoms with Crippen molar-refractivity contribution in [2.24, 2.45) is 0 Å². The molecular formula is C13H11N3O3. The summed E-state index contributed by atoms with van der Waals surface area (Å²) in [5.74, 6) is -0.551. The quantitative estimate of drug-likeness (QED) is 0.857. The van der Waals surface area contributed by atoms with Crippen LogP contribution in [0, 0.1) is 13.5 Å². The molecule has 6 heteroatoms. The summed E-state index contributed by atoms with van der Waals surface area (Å²) in [6.07, 6.45) is 1.29. The molecule has 2 aromatic rings. The highest BCUT2D eigenvalue weighted by molar-refractivity contribution is 5.88. The molecule has 0 saturated carbocycles. The summed E-state index contributed by atoms with van der Waals surface area (Å²) in [5, 5.41) is 13.0. The molecule has 0 aliphatic heterocycles. The van der Waals surface area contributed by atoms with E-state index >= 15 is 0 Å². The molecule has 0 amide bonds. The molecule has 6 nitrogen and oxygen atoms in total. The second kappa shape index (κ2) is 4.82. The molecule has 0 aliphatic rings. The maximum absolute atomic E-state index is 11.0. The summed E-state index contributed by atoms with van der Waals surface area (Å²) in [6, 6.07) is 4.99. The Morgan fingerprint density at radius 3 is 2.79 bits per heavy atom. The minimum atomic E-state index is -1.03. The van der Waals surface area contributed by atoms with Crippen molar-refractivity contribution in [1.82, 2.24) is 9.78 Å². The second-order valence-electron chi connectivity index (χ2n) is 3.83. The monoisotopic (exact) mass is 257 g/mol. The number of ether oxygens (including phenoxy) is 1. The molecule has 0 atom stereocenters. The van der Waals surface area contributed by atoms with Crippen LogP contribution in [0.2, 0.25) is 0 Å². The minimum absolute atomic E-state index is 0.139. The van der Waals surface area contributed by atoms with E-state index in [0.29, 0.717) is 22.8 Å². The van der Waals surface area contributed by atoms with Crippen LogP contribution in [0.15, 0.2) is 24.4 Å². The molecule has 1 aromatic heterocycles. The summed E-state index contributed by atoms with van der Waals surface area (Å²) >= 11 is 0. The van der Waals surface area contributed by atoms with Crippen LogP contribution >= 0.6 is 0 Å². The Morgan fingerprint density at radius 2 is 2.26 bits per heavy atom. The van der Waals surface area contributed by atoms with Gasteiger partial charge in [-0.2, -0.15) is 5.10 Å². The number of hydrogen-bond donors (Lipinski definition) is 1. The number of rotatable bonds is 3. The van der Waals surface area contributed by atoms with Gasteiger partial charge in [0.25, 0.3) is 0 Å². The third-order valence-electron chi connectivity index (χ3n) is 2.77. The molecule has 0 saturated heterocycles. The number of benzene rings is 1. The molecule has 0 fully saturated rings. The third kappa shape index (κ3) is 2.13. The summed E-state index contributed by atoms with van der Waals surface area (Å²) in [6.45, 7) is 8.76. The Hall–Kier alpha value is -2.81. The highest BCUT2D eigenvalue weighted by Crippen LogP contribution is 2.30. The second-order valence-corrected chi connectivity index (χ2v) is 3.83. The van der Waals surface area contributed by atoms with Gasteiger partial charge in [0.05, 0.1) is 31.3 Å². The van der Waals surface area contributed by atoms with E-state index in [1.165, 1.54) is 18.0 Å². The molecule has 1 aromatic carbocycles. The van der Waals surface area contributed by atoms with Crippen molar-refractivity contribution in [3.8, 4) is 11.4 Å². The number of nitrogens with zero attached hydrogens (tertiary/aromatic N) is 3. The smallest absolute Gasteiger partial charge is 0.339 e. The summed E-state index contributed by atoms with van der Waals surface area (Å²) < 4.78 is 6.55. The van der Waals surface area contributed by atoms with Gasteiger partial charge in [0.1, 0.15) is 11.3 Å². The molecule has 96 valence electrons. The zero-order valence-electron chi connectivity index (χ0n) is 10.4. The normalized spacial score (nSPS) is 9.95. The van der Waals surface area contributed by atoms with Crippen LogP contribution in [0.5, 0.6) is 5.75 Å². The summed E-state index contributed by atoms with van der Waals surface area (Å²) in [5.41, 5.74) is 1.62. The van der Waals surface area contributed by atoms with Gasteiger partial charge >= 0.3 is 5.97 Å². The van der Waals surface area contributed by atoms with Crippen molar-refractivity contribution >= 4 is 11.7 Å². The van der Waals surface area contributed by atoms with Crippen molar-refractivity contribution in [1.29, 1.82) is 0 Å². The maximum atomic E-state index is 11.0. The van der Waals surface area contributed by atoms with Crippen LogP contribution in [0.3, 0.4) is 0 Å². The average Bonchev–Trinajstić information content (AvgIpc) is 2.80. The van der Waals surface area contributed by atoms with Crippen LogP contribution < -0.4 is 4.74 Å². The van der Waals surface area contributed by atoms with Gasteiger partial charge in [0, 0.05) is 0 Å². The Bertz CT molecular complexity index is 683. The van der Waals surface area contributed by atoms with Crippen molar-refractivity contribution < 1.29 is 14.6 Å². The number of carboxylic acid groups (broad SMARTS) is 1. The number of carbonyl (C=O) groups is 1. The fraction of sp³-hybridized carbons (Fsp3) is 0.154. The van der Waals surface area contributed by atoms with Gasteiger partial charge < -0.3 is 9.84 Å². The molecule has 1 N–H and O–H groups in total. The van der Waals surface area contributed by atoms with Crippen LogP contribution in [0.1, 0.15) is 16.1 Å². The molecule has 0 radical (unpaired) electrons. The molecule has 0 bridgehead atoms. The largest absolute Gasteiger partial charge is 0.508 e. The Morgan fingerprint density at radius 1 is 1.53 bits per heavy atom. The lowest BCUT2D eigenvalue weighted by Gasteiger charge is -2.08. The predicted octanol–water partition coefficient (Wildman–Crippen LogP) is 2.44. The van der Waals surface area contributed by atoms with Crippen LogP contribution in [-0.2, 0) is 0 Å². The molecular weight excluding hydrogens is 246 g/mol. The first kappa shape index (κ1) is 12.6. The van der Waals surface area contributed by atoms with E-state index in [0.717, 1.165) is 0 Å². The van der Waals surface area contributed by atoms with E-state index < -0.39 is 5.97 Å². The van der Waals surface area contributed by atoms with Crippen molar-refractivity contribution in [2.75, 3.05) is 7.11 Å². The van der Waals surface area contributed by atoms with E-state index in [1.54, 1.807) is 25.1 Å². The molecule has 2 rings (SSSR count). The number of aromatic nitrogens is 2. The lowest BCUT2D eigenvalue weighted by molar-refractivity contribution is 0.0696. The number of aromatic carboxylic acids is 1. The van der Waals surface area contributed by atoms with Gasteiger partial charge in [-0.05, 0) is 25.1 Å². The van der Waals surface area contributed by atoms with Crippen molar-refractivity contribution in [3.05, 3.63) is 47.1 Å². The standard InChI is InChI=1S/C13H11N3O3/c1-8-10(13(17)18)7-15-16(8)9-4-5-12(19-3)11(6-9)14-2/h4-7H,1,3H3,(H,17,18). The molecule has 0 unspecified atom stereocenters. The number of carboxylic acids is 1. The van der Waals surface area contributed by atoms with Gasteiger partial charge in [0.2, 0.25) is 5.69 Å². The first-order valence-corrected chi connectivity index (χ1v) is 5.42. The Balaban J connectivity index is 2.54. The van der Waals surface area contributed by atoms with E-state index in [4.69, 9.17) is 16.4 Å². The first-order valence-electron chi connectivity index (χ1n) is 5.42. The fourth-order valence-electron chi connectivity index (χ4n) is 1.78. The van der Waals surface area contributed by atoms with Gasteiger partial charge in [-0.1, -0.05) is 0 Å². The van der Waals surface area contributed by atoms with Crippen LogP contribution in [0.4, 0.5) is 5.69 Å². The minimum Gasteiger partial charge on any atom is -0.508 e. The lowest BCUT2D eigenvalue weighted by atomic mass is 10.2. The maximum Gasteiger partial charge on any atom is 0.339 e. The Kier molecular flexibility index (Phi) is 3.21. The van der Waals surface area contributed by atoms with E-state index in [9.17, 15) is 4.79 Å². The average molecular weight is 257 g/mol. The first-order chi connectivity index (χ1) is 9.08. The predicted molar refractivity (Wildman–Crippen MR) is 68.1 cm³/mol. The molecule has 0 spiro atoms. The lowest BCUT2D eigenvalue weighted by Crippen LogP contribution is -2.02. The highest BCUT2D eigenvalue weighted by atomic mass is 16.5. The number of hydrogen-bond acceptors (Lipinski definition) is 3. The third-order valence-corrected chi connectivity index (χ3v) is 2.77. The topological polar surface area (TPSA) is 68.7 Å². The summed E-state index contributed by atoms with van der Waals surface area (Å²) in [4.78, 5) is 14.3. The van der Waals surface area contributed by atoms with Gasteiger partial charge in [-0.3, -0.25) is 0 Å². The number of methoxy groups -OCH3 is 1. The van der Waals surface area contributed by atoms with Gasteiger partial charge in [-0.15, -0.1) is 0 Å². The zero-order chi connectivity index (χ0) is 14.0. The molecule has 19 heavy (non-hydrogen) atoms. The van der Waals surface area contributed by atoms with E-state index in [1.807, 2.05) is 0 Å². The molecule has 0 aliphatic carbocycles. The SMILES string of the molecule is [C-]#[N+]c1cc(-n2ncc(C(=O)O)c2C)ccc1OC. The van der Waals surface area contributed by atoms with Crippen LogP contribution in [0.25, 0.3) is 10.5 Å². The van der Waals surface area contributed by atoms with Crippen molar-refractivity contribution in [3.63, 3.8) is 0 Å². The van der Waals surface area contributed by atoms with E-state index in [-0.39, 0.29) is 5.56 Å². The highest BCUT2D eigenvalue weighted by Gasteiger charge is 2.14. The Labute approximate surface area is 109 Å². The van der Waals surface area contributed by atoms with Crippen LogP contribution in [-0.4, -0.2) is 28.0 Å².